The van der Waals surface area contributed by atoms with E-state index in [0.29, 0.717) is 11.4 Å². The highest BCUT2D eigenvalue weighted by Gasteiger charge is 2.29. The number of anilines is 2. The summed E-state index contributed by atoms with van der Waals surface area (Å²) >= 11 is 0. The van der Waals surface area contributed by atoms with E-state index in [2.05, 4.69) is 10.6 Å². The summed E-state index contributed by atoms with van der Waals surface area (Å²) in [6.45, 7) is 3.78. The zero-order valence-electron chi connectivity index (χ0n) is 14.5. The number of nitrogens with one attached hydrogen (secondary N) is 2. The number of benzene rings is 2. The van der Waals surface area contributed by atoms with Gasteiger partial charge in [-0.25, -0.2) is 0 Å². The molecule has 0 heterocycles. The first kappa shape index (κ1) is 17.0. The predicted molar refractivity (Wildman–Crippen MR) is 97.8 cm³/mol. The minimum absolute atomic E-state index is 0.0503. The van der Waals surface area contributed by atoms with Crippen LogP contribution in [0.25, 0.3) is 0 Å². The summed E-state index contributed by atoms with van der Waals surface area (Å²) in [7, 11) is 0. The smallest absolute Gasteiger partial charge is 0.262 e. The van der Waals surface area contributed by atoms with Gasteiger partial charge in [-0.2, -0.15) is 0 Å². The molecule has 1 aliphatic carbocycles. The van der Waals surface area contributed by atoms with E-state index >= 15 is 0 Å². The van der Waals surface area contributed by atoms with Crippen molar-refractivity contribution in [3.05, 3.63) is 53.6 Å². The molecule has 5 heteroatoms. The van der Waals surface area contributed by atoms with E-state index in [0.717, 1.165) is 29.7 Å². The van der Waals surface area contributed by atoms with E-state index < -0.39 is 0 Å². The Labute approximate surface area is 147 Å². The number of hydrogen-bond acceptors (Lipinski definition) is 3. The van der Waals surface area contributed by atoms with Crippen molar-refractivity contribution >= 4 is 23.2 Å². The number of carbonyl (C=O) groups excluding carboxylic acids is 2. The molecule has 130 valence electrons. The molecule has 0 unspecified atom stereocenters. The molecular weight excluding hydrogens is 316 g/mol. The van der Waals surface area contributed by atoms with Gasteiger partial charge in [0.1, 0.15) is 5.75 Å². The van der Waals surface area contributed by atoms with E-state index in [1.54, 1.807) is 0 Å². The normalized spacial score (nSPS) is 13.2. The van der Waals surface area contributed by atoms with Crippen LogP contribution >= 0.6 is 0 Å². The van der Waals surface area contributed by atoms with Crippen molar-refractivity contribution in [3.8, 4) is 5.75 Å². The molecule has 0 aliphatic heterocycles. The van der Waals surface area contributed by atoms with Crippen LogP contribution in [-0.4, -0.2) is 18.4 Å². The van der Waals surface area contributed by atoms with Crippen molar-refractivity contribution < 1.29 is 14.3 Å². The quantitative estimate of drug-likeness (QED) is 0.844. The van der Waals surface area contributed by atoms with Crippen LogP contribution in [0.15, 0.2) is 42.5 Å². The van der Waals surface area contributed by atoms with E-state index in [1.807, 2.05) is 56.3 Å². The Bertz CT molecular complexity index is 797. The second-order valence-electron chi connectivity index (χ2n) is 6.40. The molecule has 3 rings (SSSR count). The van der Waals surface area contributed by atoms with Crippen LogP contribution in [0.4, 0.5) is 11.4 Å². The first-order valence-electron chi connectivity index (χ1n) is 8.43. The van der Waals surface area contributed by atoms with E-state index in [9.17, 15) is 9.59 Å². The summed E-state index contributed by atoms with van der Waals surface area (Å²) in [4.78, 5) is 24.1. The lowest BCUT2D eigenvalue weighted by molar-refractivity contribution is -0.118. The van der Waals surface area contributed by atoms with Gasteiger partial charge in [0.15, 0.2) is 6.61 Å². The first-order chi connectivity index (χ1) is 12.0. The van der Waals surface area contributed by atoms with Crippen LogP contribution in [0.2, 0.25) is 0 Å². The predicted octanol–water partition coefficient (Wildman–Crippen LogP) is 3.67. The lowest BCUT2D eigenvalue weighted by atomic mass is 10.1. The molecule has 5 nitrogen and oxygen atoms in total. The van der Waals surface area contributed by atoms with Crippen molar-refractivity contribution in [1.82, 2.24) is 0 Å². The van der Waals surface area contributed by atoms with Crippen molar-refractivity contribution in [2.45, 2.75) is 26.7 Å². The molecular formula is C20H22N2O3. The fraction of sp³-hybridized carbons (Fsp3) is 0.300. The van der Waals surface area contributed by atoms with Crippen LogP contribution in [0, 0.1) is 19.8 Å². The topological polar surface area (TPSA) is 67.4 Å². The number of rotatable bonds is 6. The minimum atomic E-state index is -0.240. The molecule has 1 aliphatic rings. The largest absolute Gasteiger partial charge is 0.484 e. The third kappa shape index (κ3) is 4.59. The van der Waals surface area contributed by atoms with Gasteiger partial charge in [-0.3, -0.25) is 9.59 Å². The Kier molecular flexibility index (Phi) is 5.03. The van der Waals surface area contributed by atoms with Crippen LogP contribution in [0.5, 0.6) is 5.75 Å². The van der Waals surface area contributed by atoms with Gasteiger partial charge in [0, 0.05) is 17.3 Å². The van der Waals surface area contributed by atoms with Crippen LogP contribution in [0.1, 0.15) is 24.0 Å². The Morgan fingerprint density at radius 3 is 2.40 bits per heavy atom. The van der Waals surface area contributed by atoms with E-state index in [4.69, 9.17) is 4.74 Å². The molecule has 1 saturated carbocycles. The van der Waals surface area contributed by atoms with Crippen LogP contribution in [0.3, 0.4) is 0 Å². The van der Waals surface area contributed by atoms with E-state index in [1.165, 1.54) is 0 Å². The monoisotopic (exact) mass is 338 g/mol. The Balaban J connectivity index is 1.59. The molecule has 1 fully saturated rings. The highest BCUT2D eigenvalue weighted by molar-refractivity contribution is 5.97. The highest BCUT2D eigenvalue weighted by atomic mass is 16.5. The molecule has 0 spiro atoms. The van der Waals surface area contributed by atoms with Crippen molar-refractivity contribution in [1.29, 1.82) is 0 Å². The third-order valence-corrected chi connectivity index (χ3v) is 4.17. The Morgan fingerprint density at radius 1 is 1.04 bits per heavy atom. The van der Waals surface area contributed by atoms with E-state index in [-0.39, 0.29) is 24.3 Å². The first-order valence-corrected chi connectivity index (χ1v) is 8.43. The minimum Gasteiger partial charge on any atom is -0.484 e. The molecule has 0 aromatic heterocycles. The van der Waals surface area contributed by atoms with Crippen molar-refractivity contribution in [2.75, 3.05) is 17.2 Å². The highest BCUT2D eigenvalue weighted by Crippen LogP contribution is 2.31. The maximum absolute atomic E-state index is 12.2. The molecule has 0 atom stereocenters. The van der Waals surface area contributed by atoms with Gasteiger partial charge in [-0.1, -0.05) is 18.2 Å². The van der Waals surface area contributed by atoms with Gasteiger partial charge in [0.25, 0.3) is 5.91 Å². The zero-order chi connectivity index (χ0) is 17.8. The Morgan fingerprint density at radius 2 is 1.72 bits per heavy atom. The van der Waals surface area contributed by atoms with Gasteiger partial charge < -0.3 is 15.4 Å². The van der Waals surface area contributed by atoms with Gasteiger partial charge in [-0.05, 0) is 62.1 Å². The van der Waals surface area contributed by atoms with Crippen molar-refractivity contribution in [3.63, 3.8) is 0 Å². The standard InChI is InChI=1S/C20H22N2O3/c1-13-5-3-6-16(11-13)25-12-19(23)21-17-7-4-8-18(14(17)2)22-20(24)15-9-10-15/h3-8,11,15H,9-10,12H2,1-2H3,(H,21,23)(H,22,24). The number of carbonyl (C=O) groups is 2. The molecule has 25 heavy (non-hydrogen) atoms. The third-order valence-electron chi connectivity index (χ3n) is 4.17. The second-order valence-corrected chi connectivity index (χ2v) is 6.40. The molecule has 0 saturated heterocycles. The summed E-state index contributed by atoms with van der Waals surface area (Å²) in [5.74, 6) is 0.613. The Hall–Kier alpha value is -2.82. The molecule has 0 bridgehead atoms. The maximum atomic E-state index is 12.2. The lowest BCUT2D eigenvalue weighted by Gasteiger charge is -2.14. The molecule has 2 amide bonds. The van der Waals surface area contributed by atoms with Gasteiger partial charge in [-0.15, -0.1) is 0 Å². The molecule has 0 radical (unpaired) electrons. The summed E-state index contributed by atoms with van der Waals surface area (Å²) in [6, 6.07) is 13.0. The van der Waals surface area contributed by atoms with Gasteiger partial charge in [0.2, 0.25) is 5.91 Å². The number of hydrogen-bond donors (Lipinski definition) is 2. The lowest BCUT2D eigenvalue weighted by Crippen LogP contribution is -2.21. The maximum Gasteiger partial charge on any atom is 0.262 e. The fourth-order valence-corrected chi connectivity index (χ4v) is 2.53. The fourth-order valence-electron chi connectivity index (χ4n) is 2.53. The molecule has 2 aromatic carbocycles. The average molecular weight is 338 g/mol. The van der Waals surface area contributed by atoms with Crippen molar-refractivity contribution in [2.24, 2.45) is 5.92 Å². The number of amides is 2. The second kappa shape index (κ2) is 7.38. The summed E-state index contributed by atoms with van der Waals surface area (Å²) in [5.41, 5.74) is 3.31. The zero-order valence-corrected chi connectivity index (χ0v) is 14.5. The van der Waals surface area contributed by atoms with Crippen LogP contribution < -0.4 is 15.4 Å². The summed E-state index contributed by atoms with van der Waals surface area (Å²) in [5, 5.41) is 5.77. The van der Waals surface area contributed by atoms with Crippen LogP contribution in [-0.2, 0) is 9.59 Å². The summed E-state index contributed by atoms with van der Waals surface area (Å²) in [6.07, 6.45) is 1.91. The average Bonchev–Trinajstić information content (AvgIpc) is 3.42. The van der Waals surface area contributed by atoms with Gasteiger partial charge >= 0.3 is 0 Å². The van der Waals surface area contributed by atoms with Gasteiger partial charge in [0.05, 0.1) is 0 Å². The number of aryl methyl sites for hydroxylation is 1. The molecule has 2 N–H and O–H groups in total. The SMILES string of the molecule is Cc1cccc(OCC(=O)Nc2cccc(NC(=O)C3CC3)c2C)c1. The summed E-state index contributed by atoms with van der Waals surface area (Å²) < 4.78 is 5.51. The number of ether oxygens (including phenoxy) is 1. The molecule has 2 aromatic rings.